The van der Waals surface area contributed by atoms with Gasteiger partial charge in [0.25, 0.3) is 11.8 Å². The monoisotopic (exact) mass is 507 g/mol. The van der Waals surface area contributed by atoms with Crippen LogP contribution in [0.5, 0.6) is 0 Å². The fourth-order valence-electron chi connectivity index (χ4n) is 4.65. The van der Waals surface area contributed by atoms with E-state index in [1.54, 1.807) is 21.9 Å². The van der Waals surface area contributed by atoms with E-state index in [2.05, 4.69) is 14.9 Å². The van der Waals surface area contributed by atoms with E-state index in [-0.39, 0.29) is 29.6 Å². The SMILES string of the molecule is O=C(c1cnc2ccccc2n1)N1CCOC(CN(CCN2CCOCC2)C(=O)c2ccccc2F)C1. The number of aromatic nitrogens is 2. The van der Waals surface area contributed by atoms with E-state index in [1.807, 2.05) is 24.3 Å². The zero-order valence-corrected chi connectivity index (χ0v) is 20.6. The molecule has 0 saturated carbocycles. The first kappa shape index (κ1) is 25.2. The number of carbonyl (C=O) groups is 2. The lowest BCUT2D eigenvalue weighted by Gasteiger charge is -2.36. The normalized spacial score (nSPS) is 18.6. The van der Waals surface area contributed by atoms with E-state index in [0.29, 0.717) is 51.5 Å². The molecular formula is C27H30FN5O4. The Balaban J connectivity index is 1.28. The first-order valence-electron chi connectivity index (χ1n) is 12.5. The van der Waals surface area contributed by atoms with Gasteiger partial charge >= 0.3 is 0 Å². The van der Waals surface area contributed by atoms with Gasteiger partial charge in [0, 0.05) is 45.8 Å². The van der Waals surface area contributed by atoms with Crippen LogP contribution in [0.4, 0.5) is 4.39 Å². The summed E-state index contributed by atoms with van der Waals surface area (Å²) in [5.41, 5.74) is 1.68. The van der Waals surface area contributed by atoms with Crippen LogP contribution in [-0.2, 0) is 9.47 Å². The maximum absolute atomic E-state index is 14.5. The van der Waals surface area contributed by atoms with Crippen LogP contribution in [-0.4, -0.2) is 108 Å². The van der Waals surface area contributed by atoms with Crippen molar-refractivity contribution >= 4 is 22.8 Å². The number of halogens is 1. The van der Waals surface area contributed by atoms with Crippen molar-refractivity contribution in [2.24, 2.45) is 0 Å². The minimum Gasteiger partial charge on any atom is -0.379 e. The van der Waals surface area contributed by atoms with Crippen LogP contribution in [0.2, 0.25) is 0 Å². The Bertz CT molecular complexity index is 1250. The third-order valence-corrected chi connectivity index (χ3v) is 6.70. The minimum atomic E-state index is -0.555. The molecule has 2 aliphatic rings. The van der Waals surface area contributed by atoms with Crippen molar-refractivity contribution in [3.05, 3.63) is 71.8 Å². The molecule has 2 aliphatic heterocycles. The summed E-state index contributed by atoms with van der Waals surface area (Å²) in [4.78, 5) is 41.0. The summed E-state index contributed by atoms with van der Waals surface area (Å²) in [6.07, 6.45) is 1.08. The van der Waals surface area contributed by atoms with Crippen LogP contribution in [0, 0.1) is 5.82 Å². The minimum absolute atomic E-state index is 0.0275. The molecule has 194 valence electrons. The molecule has 3 aromatic rings. The van der Waals surface area contributed by atoms with Gasteiger partial charge in [-0.05, 0) is 24.3 Å². The summed E-state index contributed by atoms with van der Waals surface area (Å²) >= 11 is 0. The molecule has 1 atom stereocenters. The number of benzene rings is 2. The molecule has 37 heavy (non-hydrogen) atoms. The van der Waals surface area contributed by atoms with Gasteiger partial charge < -0.3 is 19.3 Å². The highest BCUT2D eigenvalue weighted by Gasteiger charge is 2.30. The number of amides is 2. The molecule has 0 bridgehead atoms. The van der Waals surface area contributed by atoms with E-state index >= 15 is 0 Å². The molecule has 2 amide bonds. The van der Waals surface area contributed by atoms with Crippen LogP contribution in [0.3, 0.4) is 0 Å². The van der Waals surface area contributed by atoms with E-state index in [0.717, 1.165) is 18.6 Å². The average Bonchev–Trinajstić information content (AvgIpc) is 2.95. The summed E-state index contributed by atoms with van der Waals surface area (Å²) in [6.45, 7) is 5.23. The second kappa shape index (κ2) is 11.7. The number of rotatable bonds is 7. The van der Waals surface area contributed by atoms with Crippen LogP contribution in [0.15, 0.2) is 54.7 Å². The Kier molecular flexibility index (Phi) is 7.98. The van der Waals surface area contributed by atoms with Gasteiger partial charge in [-0.3, -0.25) is 19.5 Å². The quantitative estimate of drug-likeness (QED) is 0.484. The summed E-state index contributed by atoms with van der Waals surface area (Å²) < 4.78 is 25.8. The van der Waals surface area contributed by atoms with Crippen molar-refractivity contribution in [2.45, 2.75) is 6.10 Å². The number of carbonyl (C=O) groups excluding carboxylic acids is 2. The number of hydrogen-bond acceptors (Lipinski definition) is 7. The van der Waals surface area contributed by atoms with Crippen LogP contribution in [0.25, 0.3) is 11.0 Å². The molecule has 0 spiro atoms. The van der Waals surface area contributed by atoms with Gasteiger partial charge in [-0.1, -0.05) is 24.3 Å². The van der Waals surface area contributed by atoms with Gasteiger partial charge in [-0.2, -0.15) is 0 Å². The number of morpholine rings is 2. The second-order valence-electron chi connectivity index (χ2n) is 9.17. The van der Waals surface area contributed by atoms with Crippen molar-refractivity contribution in [1.82, 2.24) is 24.7 Å². The van der Waals surface area contributed by atoms with Crippen molar-refractivity contribution in [3.8, 4) is 0 Å². The lowest BCUT2D eigenvalue weighted by Crippen LogP contribution is -2.52. The highest BCUT2D eigenvalue weighted by Crippen LogP contribution is 2.16. The third-order valence-electron chi connectivity index (χ3n) is 6.70. The first-order chi connectivity index (χ1) is 18.1. The number of hydrogen-bond donors (Lipinski definition) is 0. The predicted molar refractivity (Wildman–Crippen MR) is 135 cm³/mol. The fraction of sp³-hybridized carbons (Fsp3) is 0.407. The summed E-state index contributed by atoms with van der Waals surface area (Å²) in [5, 5.41) is 0. The molecule has 0 aliphatic carbocycles. The number of fused-ring (bicyclic) bond motifs is 1. The zero-order chi connectivity index (χ0) is 25.6. The van der Waals surface area contributed by atoms with Gasteiger partial charge in [0.2, 0.25) is 0 Å². The Morgan fingerprint density at radius 1 is 1.00 bits per heavy atom. The first-order valence-corrected chi connectivity index (χ1v) is 12.5. The highest BCUT2D eigenvalue weighted by atomic mass is 19.1. The smallest absolute Gasteiger partial charge is 0.274 e. The molecule has 10 heteroatoms. The molecular weight excluding hydrogens is 477 g/mol. The molecule has 3 heterocycles. The lowest BCUT2D eigenvalue weighted by atomic mass is 10.1. The molecule has 1 aromatic heterocycles. The Morgan fingerprint density at radius 2 is 1.76 bits per heavy atom. The Hall–Kier alpha value is -3.47. The lowest BCUT2D eigenvalue weighted by molar-refractivity contribution is -0.0348. The van der Waals surface area contributed by atoms with Crippen molar-refractivity contribution < 1.29 is 23.5 Å². The average molecular weight is 508 g/mol. The molecule has 9 nitrogen and oxygen atoms in total. The van der Waals surface area contributed by atoms with Crippen LogP contribution < -0.4 is 0 Å². The molecule has 2 aromatic carbocycles. The topological polar surface area (TPSA) is 88.1 Å². The number of ether oxygens (including phenoxy) is 2. The molecule has 2 saturated heterocycles. The standard InChI is InChI=1S/C27H30FN5O4/c28-22-6-2-1-5-21(22)26(34)32(10-9-31-11-14-36-15-12-31)18-20-19-33(13-16-37-20)27(35)25-17-29-23-7-3-4-8-24(23)30-25/h1-8,17,20H,9-16,18-19H2. The van der Waals surface area contributed by atoms with E-state index in [4.69, 9.17) is 9.47 Å². The predicted octanol–water partition coefficient (Wildman–Crippen LogP) is 2.08. The Morgan fingerprint density at radius 3 is 2.57 bits per heavy atom. The number of para-hydroxylation sites is 2. The summed E-state index contributed by atoms with van der Waals surface area (Å²) in [5.74, 6) is -1.18. The van der Waals surface area contributed by atoms with Gasteiger partial charge in [0.05, 0.1) is 48.7 Å². The summed E-state index contributed by atoms with van der Waals surface area (Å²) in [7, 11) is 0. The number of nitrogens with zero attached hydrogens (tertiary/aromatic N) is 5. The van der Waals surface area contributed by atoms with Gasteiger partial charge in [0.15, 0.2) is 0 Å². The Labute approximate surface area is 214 Å². The van der Waals surface area contributed by atoms with E-state index < -0.39 is 11.9 Å². The van der Waals surface area contributed by atoms with Gasteiger partial charge in [-0.15, -0.1) is 0 Å². The highest BCUT2D eigenvalue weighted by molar-refractivity contribution is 5.95. The van der Waals surface area contributed by atoms with Crippen LogP contribution >= 0.6 is 0 Å². The maximum Gasteiger partial charge on any atom is 0.274 e. The van der Waals surface area contributed by atoms with Gasteiger partial charge in [0.1, 0.15) is 11.5 Å². The van der Waals surface area contributed by atoms with Crippen molar-refractivity contribution in [3.63, 3.8) is 0 Å². The van der Waals surface area contributed by atoms with Crippen molar-refractivity contribution in [2.75, 3.05) is 65.6 Å². The molecule has 2 fully saturated rings. The van der Waals surface area contributed by atoms with Crippen LogP contribution in [0.1, 0.15) is 20.8 Å². The zero-order valence-electron chi connectivity index (χ0n) is 20.6. The molecule has 5 rings (SSSR count). The third kappa shape index (κ3) is 6.10. The maximum atomic E-state index is 14.5. The molecule has 0 radical (unpaired) electrons. The van der Waals surface area contributed by atoms with Gasteiger partial charge in [-0.25, -0.2) is 9.37 Å². The fourth-order valence-corrected chi connectivity index (χ4v) is 4.65. The summed E-state index contributed by atoms with van der Waals surface area (Å²) in [6, 6.07) is 13.4. The van der Waals surface area contributed by atoms with E-state index in [9.17, 15) is 14.0 Å². The van der Waals surface area contributed by atoms with Crippen molar-refractivity contribution in [1.29, 1.82) is 0 Å². The molecule has 1 unspecified atom stereocenters. The molecule has 0 N–H and O–H groups in total. The second-order valence-corrected chi connectivity index (χ2v) is 9.17. The largest absolute Gasteiger partial charge is 0.379 e. The van der Waals surface area contributed by atoms with E-state index in [1.165, 1.54) is 18.3 Å².